The molecule has 0 atom stereocenters. The summed E-state index contributed by atoms with van der Waals surface area (Å²) in [6.07, 6.45) is 6.51. The Morgan fingerprint density at radius 3 is 2.86 bits per heavy atom. The summed E-state index contributed by atoms with van der Waals surface area (Å²) in [6.45, 7) is 4.90. The van der Waals surface area contributed by atoms with E-state index in [4.69, 9.17) is 5.73 Å². The van der Waals surface area contributed by atoms with Crippen molar-refractivity contribution < 1.29 is 0 Å². The fourth-order valence-electron chi connectivity index (χ4n) is 2.28. The van der Waals surface area contributed by atoms with Gasteiger partial charge in [0, 0.05) is 6.54 Å². The largest absolute Gasteiger partial charge is 0.382 e. The number of aryl methyl sites for hydroxylation is 2. The maximum atomic E-state index is 5.87. The Hall–Kier alpha value is -2.51. The van der Waals surface area contributed by atoms with Crippen molar-refractivity contribution in [3.05, 3.63) is 18.2 Å². The number of nitrogen functional groups attached to an aromatic ring is 1. The van der Waals surface area contributed by atoms with Crippen LogP contribution < -0.4 is 5.73 Å². The van der Waals surface area contributed by atoms with E-state index < -0.39 is 0 Å². The van der Waals surface area contributed by atoms with Gasteiger partial charge in [-0.1, -0.05) is 18.6 Å². The van der Waals surface area contributed by atoms with Crippen LogP contribution in [-0.2, 0) is 13.0 Å². The van der Waals surface area contributed by atoms with Crippen LogP contribution in [0, 0.1) is 0 Å². The molecule has 0 aromatic carbocycles. The third kappa shape index (κ3) is 2.32. The van der Waals surface area contributed by atoms with Gasteiger partial charge in [0.15, 0.2) is 17.0 Å². The van der Waals surface area contributed by atoms with Crippen molar-refractivity contribution in [2.45, 2.75) is 39.7 Å². The molecule has 3 aromatic heterocycles. The lowest BCUT2D eigenvalue weighted by Crippen LogP contribution is -2.06. The zero-order valence-electron chi connectivity index (χ0n) is 12.2. The number of fused-ring (bicyclic) bond motifs is 1. The molecule has 0 radical (unpaired) electrons. The maximum absolute atomic E-state index is 5.87. The molecule has 0 unspecified atom stereocenters. The molecule has 0 spiro atoms. The molecule has 0 aliphatic rings. The minimum Gasteiger partial charge on any atom is -0.382 e. The van der Waals surface area contributed by atoms with Crippen LogP contribution in [0.15, 0.2) is 12.5 Å². The lowest BCUT2D eigenvalue weighted by molar-refractivity contribution is 0.676. The summed E-state index contributed by atoms with van der Waals surface area (Å²) < 4.78 is 3.63. The lowest BCUT2D eigenvalue weighted by atomic mass is 10.2. The predicted octanol–water partition coefficient (Wildman–Crippen LogP) is 1.35. The van der Waals surface area contributed by atoms with Gasteiger partial charge in [-0.15, -0.1) is 5.10 Å². The first-order valence-electron chi connectivity index (χ1n) is 7.12. The van der Waals surface area contributed by atoms with Gasteiger partial charge in [-0.25, -0.2) is 15.0 Å². The SMILES string of the molecule is CCCCc1cn(-c2nc3c(N)ncnc3n2CC)nn1. The first kappa shape index (κ1) is 13.5. The fourth-order valence-corrected chi connectivity index (χ4v) is 2.28. The van der Waals surface area contributed by atoms with E-state index in [1.165, 1.54) is 6.33 Å². The Labute approximate surface area is 122 Å². The molecule has 0 bridgehead atoms. The Balaban J connectivity index is 2.07. The predicted molar refractivity (Wildman–Crippen MR) is 78.9 cm³/mol. The van der Waals surface area contributed by atoms with Gasteiger partial charge in [-0.2, -0.15) is 4.68 Å². The van der Waals surface area contributed by atoms with Gasteiger partial charge >= 0.3 is 0 Å². The normalized spacial score (nSPS) is 11.3. The summed E-state index contributed by atoms with van der Waals surface area (Å²) in [5.74, 6) is 1.04. The Morgan fingerprint density at radius 2 is 2.10 bits per heavy atom. The molecule has 0 fully saturated rings. The summed E-state index contributed by atoms with van der Waals surface area (Å²) in [7, 11) is 0. The molecule has 8 nitrogen and oxygen atoms in total. The quantitative estimate of drug-likeness (QED) is 0.760. The maximum Gasteiger partial charge on any atom is 0.234 e. The second-order valence-corrected chi connectivity index (χ2v) is 4.85. The van der Waals surface area contributed by atoms with Crippen LogP contribution in [0.3, 0.4) is 0 Å². The Morgan fingerprint density at radius 1 is 1.24 bits per heavy atom. The van der Waals surface area contributed by atoms with E-state index in [0.717, 1.165) is 25.0 Å². The minimum atomic E-state index is 0.375. The van der Waals surface area contributed by atoms with E-state index in [0.29, 0.717) is 29.5 Å². The topological polar surface area (TPSA) is 100 Å². The zero-order valence-corrected chi connectivity index (χ0v) is 12.2. The first-order valence-corrected chi connectivity index (χ1v) is 7.12. The number of unbranched alkanes of at least 4 members (excludes halogenated alkanes) is 1. The number of aromatic nitrogens is 7. The van der Waals surface area contributed by atoms with Crippen molar-refractivity contribution in [3.8, 4) is 5.95 Å². The second kappa shape index (κ2) is 5.47. The van der Waals surface area contributed by atoms with Crippen molar-refractivity contribution in [3.63, 3.8) is 0 Å². The van der Waals surface area contributed by atoms with E-state index >= 15 is 0 Å². The summed E-state index contributed by atoms with van der Waals surface area (Å²) in [4.78, 5) is 12.8. The summed E-state index contributed by atoms with van der Waals surface area (Å²) >= 11 is 0. The van der Waals surface area contributed by atoms with Crippen molar-refractivity contribution in [2.75, 3.05) is 5.73 Å². The number of nitrogens with zero attached hydrogens (tertiary/aromatic N) is 7. The highest BCUT2D eigenvalue weighted by atomic mass is 15.5. The summed E-state index contributed by atoms with van der Waals surface area (Å²) in [5.41, 5.74) is 8.14. The highest BCUT2D eigenvalue weighted by molar-refractivity contribution is 5.82. The van der Waals surface area contributed by atoms with Gasteiger partial charge in [-0.3, -0.25) is 4.57 Å². The number of hydrogen-bond acceptors (Lipinski definition) is 6. The molecule has 3 aromatic rings. The summed E-state index contributed by atoms with van der Waals surface area (Å²) in [6, 6.07) is 0. The monoisotopic (exact) mass is 286 g/mol. The van der Waals surface area contributed by atoms with Gasteiger partial charge < -0.3 is 5.73 Å². The molecule has 0 amide bonds. The van der Waals surface area contributed by atoms with Crippen LogP contribution in [0.5, 0.6) is 0 Å². The van der Waals surface area contributed by atoms with Gasteiger partial charge in [0.05, 0.1) is 11.9 Å². The number of hydrogen-bond donors (Lipinski definition) is 1. The third-order valence-electron chi connectivity index (χ3n) is 3.39. The molecule has 8 heteroatoms. The van der Waals surface area contributed by atoms with E-state index in [2.05, 4.69) is 32.2 Å². The average Bonchev–Trinajstić information content (AvgIpc) is 3.09. The Bertz CT molecular complexity index is 757. The van der Waals surface area contributed by atoms with E-state index in [-0.39, 0.29) is 0 Å². The second-order valence-electron chi connectivity index (χ2n) is 4.85. The molecule has 0 saturated heterocycles. The molecule has 3 heterocycles. The van der Waals surface area contributed by atoms with Crippen LogP contribution in [0.1, 0.15) is 32.4 Å². The molecule has 110 valence electrons. The van der Waals surface area contributed by atoms with Crippen LogP contribution >= 0.6 is 0 Å². The minimum absolute atomic E-state index is 0.375. The van der Waals surface area contributed by atoms with Crippen molar-refractivity contribution in [2.24, 2.45) is 0 Å². The number of imidazole rings is 1. The smallest absolute Gasteiger partial charge is 0.234 e. The van der Waals surface area contributed by atoms with E-state index in [1.807, 2.05) is 17.7 Å². The first-order chi connectivity index (χ1) is 10.2. The van der Waals surface area contributed by atoms with Gasteiger partial charge in [-0.05, 0) is 19.8 Å². The van der Waals surface area contributed by atoms with Gasteiger partial charge in [0.25, 0.3) is 0 Å². The lowest BCUT2D eigenvalue weighted by Gasteiger charge is -2.03. The van der Waals surface area contributed by atoms with Crippen molar-refractivity contribution in [1.29, 1.82) is 0 Å². The van der Waals surface area contributed by atoms with Crippen LogP contribution in [0.2, 0.25) is 0 Å². The van der Waals surface area contributed by atoms with Gasteiger partial charge in [0.2, 0.25) is 5.95 Å². The average molecular weight is 286 g/mol. The molecule has 0 saturated carbocycles. The highest BCUT2D eigenvalue weighted by Gasteiger charge is 2.16. The molecule has 21 heavy (non-hydrogen) atoms. The third-order valence-corrected chi connectivity index (χ3v) is 3.39. The standard InChI is InChI=1S/C13H18N8/c1-3-5-6-9-7-21(19-18-9)13-17-10-11(14)15-8-16-12(10)20(13)4-2/h7-8H,3-6H2,1-2H3,(H2,14,15,16). The highest BCUT2D eigenvalue weighted by Crippen LogP contribution is 2.20. The molecule has 0 aliphatic heterocycles. The fraction of sp³-hybridized carbons (Fsp3) is 0.462. The number of rotatable bonds is 5. The molecule has 0 aliphatic carbocycles. The van der Waals surface area contributed by atoms with E-state index in [9.17, 15) is 0 Å². The molecular weight excluding hydrogens is 268 g/mol. The number of nitrogens with two attached hydrogens (primary N) is 1. The Kier molecular flexibility index (Phi) is 3.51. The molecule has 3 rings (SSSR count). The summed E-state index contributed by atoms with van der Waals surface area (Å²) in [5, 5.41) is 8.36. The van der Waals surface area contributed by atoms with E-state index in [1.54, 1.807) is 4.68 Å². The molecular formula is C13H18N8. The van der Waals surface area contributed by atoms with Crippen LogP contribution in [0.4, 0.5) is 5.82 Å². The van der Waals surface area contributed by atoms with Gasteiger partial charge in [0.1, 0.15) is 6.33 Å². The number of anilines is 1. The zero-order chi connectivity index (χ0) is 14.8. The van der Waals surface area contributed by atoms with Crippen LogP contribution in [-0.4, -0.2) is 34.5 Å². The van der Waals surface area contributed by atoms with Crippen molar-refractivity contribution in [1.82, 2.24) is 34.5 Å². The van der Waals surface area contributed by atoms with Crippen molar-refractivity contribution >= 4 is 17.0 Å². The molecule has 2 N–H and O–H groups in total. The van der Waals surface area contributed by atoms with Crippen LogP contribution in [0.25, 0.3) is 17.1 Å².